The standard InChI is InChI=1S/B.Co.Cr.Fe.Nb.Ni.Zr. The van der Waals surface area contributed by atoms with Crippen LogP contribution in [0.25, 0.3) is 0 Å². The van der Waals surface area contributed by atoms with E-state index < -0.39 is 0 Å². The maximum atomic E-state index is 0. The van der Waals surface area contributed by atoms with Gasteiger partial charge in [-0.3, -0.25) is 0 Å². The van der Waals surface area contributed by atoms with E-state index in [0.717, 1.165) is 0 Å². The van der Waals surface area contributed by atoms with Gasteiger partial charge in [-0.25, -0.2) is 0 Å². The Balaban J connectivity index is 0. The van der Waals surface area contributed by atoms with Crippen LogP contribution in [0.15, 0.2) is 0 Å². The van der Waals surface area contributed by atoms with E-state index in [-0.39, 0.29) is 125 Å². The largest absolute Gasteiger partial charge is 0 e. The van der Waals surface area contributed by atoms with E-state index in [1.54, 1.807) is 0 Å². The first-order valence-corrected chi connectivity index (χ1v) is 0. The fourth-order valence-electron chi connectivity index (χ4n) is 0. The third-order valence-corrected chi connectivity index (χ3v) is 0. The van der Waals surface area contributed by atoms with Gasteiger partial charge in [0, 0.05) is 125 Å². The Morgan fingerprint density at radius 2 is 1.00 bits per heavy atom. The molecule has 0 amide bonds. The Morgan fingerprint density at radius 3 is 1.00 bits per heavy atom. The minimum atomic E-state index is 0. The van der Waals surface area contributed by atoms with Crippen molar-refractivity contribution >= 4 is 8.41 Å². The quantitative estimate of drug-likeness (QED) is 0.469. The van der Waals surface area contributed by atoms with E-state index in [2.05, 4.69) is 0 Å². The summed E-state index contributed by atoms with van der Waals surface area (Å²) in [5.41, 5.74) is 0. The monoisotopic (exact) mass is 419 g/mol. The average Bonchev–Trinajstić information content (AvgIpc) is 0. The first kappa shape index (κ1) is 72.8. The van der Waals surface area contributed by atoms with Crippen LogP contribution < -0.4 is 0 Å². The molecule has 0 fully saturated rings. The van der Waals surface area contributed by atoms with Crippen molar-refractivity contribution in [3.63, 3.8) is 0 Å². The summed E-state index contributed by atoms with van der Waals surface area (Å²) in [5.74, 6) is 0. The van der Waals surface area contributed by atoms with Crippen molar-refractivity contribution in [2.45, 2.75) is 0 Å². The molecule has 7 heteroatoms. The fraction of sp³-hybridized carbons (Fsp3) is 0. The molecular weight excluding hydrogens is 420 g/mol. The smallest absolute Gasteiger partial charge is 0 e. The van der Waals surface area contributed by atoms with E-state index in [4.69, 9.17) is 0 Å². The molecule has 0 nitrogen and oxygen atoms in total. The van der Waals surface area contributed by atoms with E-state index in [1.165, 1.54) is 0 Å². The van der Waals surface area contributed by atoms with Crippen molar-refractivity contribution in [1.82, 2.24) is 0 Å². The average molecular weight is 420 g/mol. The van der Waals surface area contributed by atoms with Crippen LogP contribution in [0.5, 0.6) is 0 Å². The number of hydrogen-bond acceptors (Lipinski definition) is 0. The Kier molecular flexibility index (Phi) is 553. The van der Waals surface area contributed by atoms with Crippen molar-refractivity contribution in [2.75, 3.05) is 0 Å². The molecule has 0 rings (SSSR count). The van der Waals surface area contributed by atoms with E-state index in [0.29, 0.717) is 0 Å². The number of hydrogen-bond donors (Lipinski definition) is 0. The van der Waals surface area contributed by atoms with Gasteiger partial charge in [-0.15, -0.1) is 0 Å². The Bertz CT molecular complexity index is 19.7. The summed E-state index contributed by atoms with van der Waals surface area (Å²) in [6.45, 7) is 0. The molecule has 0 aromatic heterocycles. The summed E-state index contributed by atoms with van der Waals surface area (Å²) in [6, 6.07) is 0. The zero-order chi connectivity index (χ0) is 0. The summed E-state index contributed by atoms with van der Waals surface area (Å²) < 4.78 is 0. The molecule has 0 unspecified atom stereocenters. The fourth-order valence-corrected chi connectivity index (χ4v) is 0. The van der Waals surface area contributed by atoms with Crippen molar-refractivity contribution in [3.05, 3.63) is 0 Å². The van der Waals surface area contributed by atoms with Crippen LogP contribution in [0.4, 0.5) is 0 Å². The van der Waals surface area contributed by atoms with Crippen molar-refractivity contribution in [2.24, 2.45) is 0 Å². The molecule has 0 atom stereocenters. The molecule has 0 bridgehead atoms. The van der Waals surface area contributed by atoms with Crippen LogP contribution >= 0.6 is 0 Å². The molecule has 0 saturated heterocycles. The second kappa shape index (κ2) is 53.2. The Labute approximate surface area is 122 Å². The van der Waals surface area contributed by atoms with E-state index >= 15 is 0 Å². The van der Waals surface area contributed by atoms with Crippen molar-refractivity contribution in [3.8, 4) is 0 Å². The molecule has 0 N–H and O–H groups in total. The van der Waals surface area contributed by atoms with Gasteiger partial charge in [-0.05, 0) is 0 Å². The molecule has 0 aromatic carbocycles. The van der Waals surface area contributed by atoms with Gasteiger partial charge in [-0.2, -0.15) is 0 Å². The second-order valence-corrected chi connectivity index (χ2v) is 0. The molecule has 0 saturated carbocycles. The Hall–Kier alpha value is 3.74. The second-order valence-electron chi connectivity index (χ2n) is 0. The van der Waals surface area contributed by atoms with E-state index in [9.17, 15) is 0 Å². The van der Waals surface area contributed by atoms with Gasteiger partial charge in [0.15, 0.2) is 0 Å². The Morgan fingerprint density at radius 1 is 1.00 bits per heavy atom. The normalized spacial score (nSPS) is 0. The minimum Gasteiger partial charge on any atom is 0 e. The predicted molar refractivity (Wildman–Crippen MR) is 5.75 cm³/mol. The zero-order valence-electron chi connectivity index (χ0n) is 2.94. The molecule has 5 radical (unpaired) electrons. The molecular formula is BCoCrFeNbNiZr. The third kappa shape index (κ3) is 41.7. The van der Waals surface area contributed by atoms with Gasteiger partial charge < -0.3 is 0 Å². The van der Waals surface area contributed by atoms with E-state index in [1.807, 2.05) is 0 Å². The molecule has 7 heavy (non-hydrogen) atoms. The molecule has 0 aliphatic heterocycles. The van der Waals surface area contributed by atoms with Crippen LogP contribution in [-0.4, -0.2) is 8.41 Å². The van der Waals surface area contributed by atoms with Crippen LogP contribution in [0, 0.1) is 0 Å². The molecule has 0 aromatic rings. The summed E-state index contributed by atoms with van der Waals surface area (Å²) in [6.07, 6.45) is 0. The minimum absolute atomic E-state index is 0. The third-order valence-electron chi connectivity index (χ3n) is 0. The maximum Gasteiger partial charge on any atom is 0 e. The van der Waals surface area contributed by atoms with Crippen LogP contribution in [0.2, 0.25) is 0 Å². The van der Waals surface area contributed by atoms with Gasteiger partial charge in [-0.1, -0.05) is 0 Å². The SMILES string of the molecule is [B].[Co].[Cr].[Fe].[Nb].[Ni].[Zr]. The molecule has 45 valence electrons. The van der Waals surface area contributed by atoms with Crippen LogP contribution in [-0.2, 0) is 116 Å². The van der Waals surface area contributed by atoms with Crippen molar-refractivity contribution in [1.29, 1.82) is 0 Å². The van der Waals surface area contributed by atoms with Crippen molar-refractivity contribution < 1.29 is 116 Å². The van der Waals surface area contributed by atoms with Gasteiger partial charge in [0.1, 0.15) is 0 Å². The van der Waals surface area contributed by atoms with Crippen LogP contribution in [0.3, 0.4) is 0 Å². The maximum absolute atomic E-state index is 0. The molecule has 0 aliphatic rings. The summed E-state index contributed by atoms with van der Waals surface area (Å²) in [5, 5.41) is 0. The molecule has 0 heterocycles. The van der Waals surface area contributed by atoms with Crippen LogP contribution in [0.1, 0.15) is 0 Å². The van der Waals surface area contributed by atoms with Gasteiger partial charge in [0.25, 0.3) is 0 Å². The first-order chi connectivity index (χ1) is 0. The number of rotatable bonds is 0. The summed E-state index contributed by atoms with van der Waals surface area (Å²) in [7, 11) is 0. The van der Waals surface area contributed by atoms with Gasteiger partial charge in [0.05, 0.1) is 0 Å². The van der Waals surface area contributed by atoms with Gasteiger partial charge in [0.2, 0.25) is 0 Å². The topological polar surface area (TPSA) is 0 Å². The molecule has 0 spiro atoms. The first-order valence-electron chi connectivity index (χ1n) is 0. The predicted octanol–water partition coefficient (Wildman–Crippen LogP) is -0.396. The molecule has 0 aliphatic carbocycles. The summed E-state index contributed by atoms with van der Waals surface area (Å²) >= 11 is 0. The summed E-state index contributed by atoms with van der Waals surface area (Å²) in [4.78, 5) is 0. The zero-order valence-corrected chi connectivity index (χ0v) is 12.0. The van der Waals surface area contributed by atoms with Gasteiger partial charge >= 0.3 is 0 Å².